The molecule has 0 bridgehead atoms. The maximum atomic E-state index is 12.4. The number of rotatable bonds is 3. The summed E-state index contributed by atoms with van der Waals surface area (Å²) in [5.41, 5.74) is 0. The summed E-state index contributed by atoms with van der Waals surface area (Å²) in [5, 5.41) is 9.21. The predicted molar refractivity (Wildman–Crippen MR) is 71.3 cm³/mol. The topological polar surface area (TPSA) is 43.8 Å². The minimum Gasteiger partial charge on any atom is -0.396 e. The van der Waals surface area contributed by atoms with Gasteiger partial charge in [-0.15, -0.1) is 0 Å². The molecule has 4 heteroatoms. The molecule has 1 saturated carbocycles. The van der Waals surface area contributed by atoms with Crippen LogP contribution in [-0.4, -0.2) is 59.1 Å². The van der Waals surface area contributed by atoms with Gasteiger partial charge in [0.05, 0.1) is 6.04 Å². The Hall–Kier alpha value is -0.610. The Morgan fingerprint density at radius 3 is 2.56 bits per heavy atom. The second-order valence-corrected chi connectivity index (χ2v) is 5.81. The van der Waals surface area contributed by atoms with Gasteiger partial charge in [0.15, 0.2) is 0 Å². The van der Waals surface area contributed by atoms with Gasteiger partial charge in [-0.25, -0.2) is 0 Å². The van der Waals surface area contributed by atoms with Gasteiger partial charge in [0.1, 0.15) is 0 Å². The van der Waals surface area contributed by atoms with Gasteiger partial charge in [-0.2, -0.15) is 0 Å². The Bertz CT molecular complexity index is 290. The molecule has 2 aliphatic rings. The first-order chi connectivity index (χ1) is 8.65. The molecule has 104 valence electrons. The van der Waals surface area contributed by atoms with Crippen LogP contribution >= 0.6 is 0 Å². The Morgan fingerprint density at radius 1 is 1.28 bits per heavy atom. The molecule has 1 saturated heterocycles. The van der Waals surface area contributed by atoms with E-state index in [1.807, 2.05) is 11.9 Å². The molecule has 1 aliphatic carbocycles. The van der Waals surface area contributed by atoms with E-state index in [4.69, 9.17) is 0 Å². The molecule has 0 aromatic carbocycles. The molecule has 2 rings (SSSR count). The fourth-order valence-corrected chi connectivity index (χ4v) is 3.38. The number of hydrogen-bond donors (Lipinski definition) is 1. The van der Waals surface area contributed by atoms with Gasteiger partial charge < -0.3 is 10.0 Å². The highest BCUT2D eigenvalue weighted by Gasteiger charge is 2.39. The van der Waals surface area contributed by atoms with E-state index < -0.39 is 0 Å². The molecule has 2 fully saturated rings. The smallest absolute Gasteiger partial charge is 0.240 e. The van der Waals surface area contributed by atoms with Crippen molar-refractivity contribution in [3.05, 3.63) is 0 Å². The van der Waals surface area contributed by atoms with Gasteiger partial charge in [-0.3, -0.25) is 9.69 Å². The third-order valence-electron chi connectivity index (χ3n) is 4.62. The Balaban J connectivity index is 2.11. The number of carbonyl (C=O) groups excluding carboxylic acids is 1. The van der Waals surface area contributed by atoms with Crippen molar-refractivity contribution >= 4 is 5.91 Å². The lowest BCUT2D eigenvalue weighted by Crippen LogP contribution is -2.62. The molecule has 1 aliphatic heterocycles. The van der Waals surface area contributed by atoms with Crippen LogP contribution in [0.15, 0.2) is 0 Å². The monoisotopic (exact) mass is 254 g/mol. The first kappa shape index (κ1) is 13.8. The van der Waals surface area contributed by atoms with E-state index in [2.05, 4.69) is 11.8 Å². The average Bonchev–Trinajstić information content (AvgIpc) is 2.40. The van der Waals surface area contributed by atoms with Gasteiger partial charge in [0.25, 0.3) is 0 Å². The van der Waals surface area contributed by atoms with E-state index in [0.717, 1.165) is 6.54 Å². The molecule has 0 aromatic rings. The first-order valence-corrected chi connectivity index (χ1v) is 7.28. The predicted octanol–water partition coefficient (Wildman–Crippen LogP) is 1.23. The van der Waals surface area contributed by atoms with Gasteiger partial charge in [-0.05, 0) is 26.2 Å². The second kappa shape index (κ2) is 6.02. The number of piperazine rings is 1. The molecule has 2 unspecified atom stereocenters. The van der Waals surface area contributed by atoms with Crippen molar-refractivity contribution < 1.29 is 9.90 Å². The third-order valence-corrected chi connectivity index (χ3v) is 4.62. The highest BCUT2D eigenvalue weighted by Crippen LogP contribution is 2.28. The summed E-state index contributed by atoms with van der Waals surface area (Å²) in [6.45, 7) is 3.17. The Morgan fingerprint density at radius 2 is 1.94 bits per heavy atom. The number of aliphatic hydroxyl groups excluding tert-OH is 1. The minimum atomic E-state index is -0.0979. The summed E-state index contributed by atoms with van der Waals surface area (Å²) in [4.78, 5) is 16.6. The van der Waals surface area contributed by atoms with E-state index in [-0.39, 0.29) is 24.6 Å². The van der Waals surface area contributed by atoms with Crippen molar-refractivity contribution in [1.82, 2.24) is 9.80 Å². The van der Waals surface area contributed by atoms with Gasteiger partial charge in [-0.1, -0.05) is 19.3 Å². The molecule has 0 spiro atoms. The zero-order chi connectivity index (χ0) is 13.1. The molecule has 18 heavy (non-hydrogen) atoms. The van der Waals surface area contributed by atoms with Crippen LogP contribution in [0.2, 0.25) is 0 Å². The number of likely N-dealkylation sites (N-methyl/N-ethyl adjacent to an activating group) is 1. The summed E-state index contributed by atoms with van der Waals surface area (Å²) < 4.78 is 0. The molecular weight excluding hydrogens is 228 g/mol. The first-order valence-electron chi connectivity index (χ1n) is 7.28. The lowest BCUT2D eigenvalue weighted by Gasteiger charge is -2.47. The third kappa shape index (κ3) is 2.69. The lowest BCUT2D eigenvalue weighted by atomic mass is 9.91. The largest absolute Gasteiger partial charge is 0.396 e. The number of nitrogens with zero attached hydrogens (tertiary/aromatic N) is 2. The molecule has 1 N–H and O–H groups in total. The molecule has 4 nitrogen and oxygen atoms in total. The van der Waals surface area contributed by atoms with E-state index >= 15 is 0 Å². The van der Waals surface area contributed by atoms with Crippen molar-refractivity contribution in [3.8, 4) is 0 Å². The SMILES string of the molecule is CC1CN(C2CCCCC2)C(CCO)C(=O)N1C. The molecule has 1 heterocycles. The van der Waals surface area contributed by atoms with Crippen molar-refractivity contribution in [1.29, 1.82) is 0 Å². The summed E-state index contributed by atoms with van der Waals surface area (Å²) in [6, 6.07) is 0.740. The van der Waals surface area contributed by atoms with Gasteiger partial charge in [0.2, 0.25) is 5.91 Å². The number of hydrogen-bond acceptors (Lipinski definition) is 3. The van der Waals surface area contributed by atoms with Crippen LogP contribution in [0.4, 0.5) is 0 Å². The van der Waals surface area contributed by atoms with E-state index in [1.54, 1.807) is 0 Å². The lowest BCUT2D eigenvalue weighted by molar-refractivity contribution is -0.146. The van der Waals surface area contributed by atoms with Crippen molar-refractivity contribution in [3.63, 3.8) is 0 Å². The molecular formula is C14H26N2O2. The van der Waals surface area contributed by atoms with Crippen LogP contribution in [0.1, 0.15) is 45.4 Å². The van der Waals surface area contributed by atoms with Crippen LogP contribution < -0.4 is 0 Å². The molecule has 1 amide bonds. The zero-order valence-electron chi connectivity index (χ0n) is 11.6. The minimum absolute atomic E-state index is 0.0979. The highest BCUT2D eigenvalue weighted by molar-refractivity contribution is 5.82. The van der Waals surface area contributed by atoms with E-state index in [0.29, 0.717) is 12.5 Å². The van der Waals surface area contributed by atoms with Crippen LogP contribution in [-0.2, 0) is 4.79 Å². The Labute approximate surface area is 110 Å². The molecule has 0 radical (unpaired) electrons. The number of carbonyl (C=O) groups is 1. The van der Waals surface area contributed by atoms with E-state index in [1.165, 1.54) is 32.1 Å². The van der Waals surface area contributed by atoms with Crippen LogP contribution in [0.25, 0.3) is 0 Å². The van der Waals surface area contributed by atoms with Crippen molar-refractivity contribution in [2.24, 2.45) is 0 Å². The quantitative estimate of drug-likeness (QED) is 0.824. The number of aliphatic hydroxyl groups is 1. The van der Waals surface area contributed by atoms with Gasteiger partial charge in [0, 0.05) is 32.3 Å². The molecule has 2 atom stereocenters. The standard InChI is InChI=1S/C14H26N2O2/c1-11-10-16(12-6-4-3-5-7-12)13(8-9-17)14(18)15(11)2/h11-13,17H,3-10H2,1-2H3. The van der Waals surface area contributed by atoms with Gasteiger partial charge >= 0.3 is 0 Å². The van der Waals surface area contributed by atoms with Crippen LogP contribution in [0.5, 0.6) is 0 Å². The zero-order valence-corrected chi connectivity index (χ0v) is 11.6. The fourth-order valence-electron chi connectivity index (χ4n) is 3.38. The van der Waals surface area contributed by atoms with E-state index in [9.17, 15) is 9.90 Å². The fraction of sp³-hybridized carbons (Fsp3) is 0.929. The van der Waals surface area contributed by atoms with Crippen molar-refractivity contribution in [2.45, 2.75) is 63.6 Å². The number of amides is 1. The second-order valence-electron chi connectivity index (χ2n) is 5.81. The van der Waals surface area contributed by atoms with Crippen LogP contribution in [0.3, 0.4) is 0 Å². The summed E-state index contributed by atoms with van der Waals surface area (Å²) in [5.74, 6) is 0.188. The maximum absolute atomic E-state index is 12.4. The Kier molecular flexibility index (Phi) is 4.62. The summed E-state index contributed by atoms with van der Waals surface area (Å²) >= 11 is 0. The van der Waals surface area contributed by atoms with Crippen molar-refractivity contribution in [2.75, 3.05) is 20.2 Å². The average molecular weight is 254 g/mol. The molecule has 0 aromatic heterocycles. The summed E-state index contributed by atoms with van der Waals surface area (Å²) in [7, 11) is 1.88. The summed E-state index contributed by atoms with van der Waals surface area (Å²) in [6.07, 6.45) is 6.90. The highest BCUT2D eigenvalue weighted by atomic mass is 16.3. The normalized spacial score (nSPS) is 31.9. The van der Waals surface area contributed by atoms with Crippen LogP contribution in [0, 0.1) is 0 Å². The maximum Gasteiger partial charge on any atom is 0.240 e.